The van der Waals surface area contributed by atoms with Gasteiger partial charge < -0.3 is 10.5 Å². The zero-order valence-corrected chi connectivity index (χ0v) is 10.7. The average Bonchev–Trinajstić information content (AvgIpc) is 1.91. The Morgan fingerprint density at radius 3 is 2.00 bits per heavy atom. The Bertz CT molecular complexity index is 254. The van der Waals surface area contributed by atoms with Crippen molar-refractivity contribution in [3.63, 3.8) is 0 Å². The van der Waals surface area contributed by atoms with Crippen LogP contribution in [0.2, 0.25) is 0 Å². The van der Waals surface area contributed by atoms with Gasteiger partial charge in [0.15, 0.2) is 0 Å². The van der Waals surface area contributed by atoms with Crippen molar-refractivity contribution in [2.45, 2.75) is 2.33 Å². The second-order valence-corrected chi connectivity index (χ2v) is 8.66. The summed E-state index contributed by atoms with van der Waals surface area (Å²) >= 11 is 9.64. The summed E-state index contributed by atoms with van der Waals surface area (Å²) in [5, 5.41) is 0. The van der Waals surface area contributed by atoms with Gasteiger partial charge in [-0.15, -0.1) is 0 Å². The molecule has 0 heterocycles. The molecular formula is C7H6Br3NO. The molecule has 0 bridgehead atoms. The predicted molar refractivity (Wildman–Crippen MR) is 61.0 cm³/mol. The van der Waals surface area contributed by atoms with Crippen LogP contribution in [0.25, 0.3) is 0 Å². The highest BCUT2D eigenvalue weighted by atomic mass is 80.0. The molecule has 66 valence electrons. The zero-order chi connectivity index (χ0) is 9.19. The number of ether oxygens (including phenoxy) is 1. The van der Waals surface area contributed by atoms with Crippen LogP contribution in [0.3, 0.4) is 0 Å². The van der Waals surface area contributed by atoms with Crippen LogP contribution < -0.4 is 10.5 Å². The van der Waals surface area contributed by atoms with Crippen LogP contribution in [0.1, 0.15) is 0 Å². The lowest BCUT2D eigenvalue weighted by molar-refractivity contribution is 0.357. The molecule has 0 aromatic heterocycles. The molecule has 0 spiro atoms. The van der Waals surface area contributed by atoms with E-state index in [1.165, 1.54) is 0 Å². The van der Waals surface area contributed by atoms with E-state index < -0.39 is 2.33 Å². The molecule has 12 heavy (non-hydrogen) atoms. The fourth-order valence-electron chi connectivity index (χ4n) is 0.669. The highest BCUT2D eigenvalue weighted by Gasteiger charge is 2.18. The van der Waals surface area contributed by atoms with E-state index in [-0.39, 0.29) is 0 Å². The number of benzene rings is 1. The number of hydrogen-bond donors (Lipinski definition) is 1. The fourth-order valence-corrected chi connectivity index (χ4v) is 1.23. The lowest BCUT2D eigenvalue weighted by Gasteiger charge is -2.14. The van der Waals surface area contributed by atoms with Crippen LogP contribution in [0.15, 0.2) is 24.3 Å². The standard InChI is InChI=1S/C7H6Br3NO/c8-7(9,10)12-6-3-1-5(11)2-4-6/h1-4H,11H2. The Labute approximate surface area is 95.9 Å². The van der Waals surface area contributed by atoms with Gasteiger partial charge in [0.1, 0.15) is 5.75 Å². The molecule has 1 aromatic rings. The van der Waals surface area contributed by atoms with Gasteiger partial charge in [0.25, 0.3) is 2.33 Å². The molecule has 0 aliphatic heterocycles. The van der Waals surface area contributed by atoms with E-state index in [4.69, 9.17) is 10.5 Å². The van der Waals surface area contributed by atoms with Gasteiger partial charge in [-0.05, 0) is 72.1 Å². The minimum atomic E-state index is -0.705. The minimum absolute atomic E-state index is 0.705. The van der Waals surface area contributed by atoms with Crippen molar-refractivity contribution < 1.29 is 4.74 Å². The van der Waals surface area contributed by atoms with Gasteiger partial charge >= 0.3 is 0 Å². The van der Waals surface area contributed by atoms with Crippen molar-refractivity contribution in [3.8, 4) is 5.75 Å². The summed E-state index contributed by atoms with van der Waals surface area (Å²) in [5.41, 5.74) is 6.21. The maximum absolute atomic E-state index is 5.50. The molecule has 5 heteroatoms. The van der Waals surface area contributed by atoms with Crippen molar-refractivity contribution in [2.24, 2.45) is 0 Å². The van der Waals surface area contributed by atoms with Crippen LogP contribution in [0.5, 0.6) is 5.75 Å². The summed E-state index contributed by atoms with van der Waals surface area (Å²) in [5.74, 6) is 0.717. The van der Waals surface area contributed by atoms with E-state index in [9.17, 15) is 0 Å². The van der Waals surface area contributed by atoms with E-state index in [1.54, 1.807) is 24.3 Å². The molecule has 2 N–H and O–H groups in total. The van der Waals surface area contributed by atoms with Crippen LogP contribution in [0, 0.1) is 0 Å². The summed E-state index contributed by atoms with van der Waals surface area (Å²) < 4.78 is 4.65. The van der Waals surface area contributed by atoms with E-state index in [2.05, 4.69) is 47.8 Å². The summed E-state index contributed by atoms with van der Waals surface area (Å²) in [6.45, 7) is 0. The number of hydrogen-bond acceptors (Lipinski definition) is 2. The quantitative estimate of drug-likeness (QED) is 0.615. The van der Waals surface area contributed by atoms with Gasteiger partial charge in [0.2, 0.25) is 0 Å². The largest absolute Gasteiger partial charge is 0.456 e. The normalized spacial score (nSPS) is 11.2. The van der Waals surface area contributed by atoms with Crippen molar-refractivity contribution >= 4 is 53.5 Å². The summed E-state index contributed by atoms with van der Waals surface area (Å²) in [6.07, 6.45) is 0. The molecule has 1 aromatic carbocycles. The monoisotopic (exact) mass is 357 g/mol. The second kappa shape index (κ2) is 3.98. The lowest BCUT2D eigenvalue weighted by Crippen LogP contribution is -2.09. The first-order chi connectivity index (χ1) is 5.47. The van der Waals surface area contributed by atoms with Gasteiger partial charge in [0, 0.05) is 5.69 Å². The van der Waals surface area contributed by atoms with Crippen molar-refractivity contribution in [1.29, 1.82) is 0 Å². The van der Waals surface area contributed by atoms with E-state index in [1.807, 2.05) is 0 Å². The van der Waals surface area contributed by atoms with Gasteiger partial charge in [-0.2, -0.15) is 0 Å². The summed E-state index contributed by atoms with van der Waals surface area (Å²) in [6, 6.07) is 7.11. The highest BCUT2D eigenvalue weighted by Crippen LogP contribution is 2.35. The van der Waals surface area contributed by atoms with E-state index in [0.29, 0.717) is 5.69 Å². The van der Waals surface area contributed by atoms with E-state index in [0.717, 1.165) is 5.75 Å². The van der Waals surface area contributed by atoms with Crippen LogP contribution in [-0.2, 0) is 0 Å². The van der Waals surface area contributed by atoms with Crippen LogP contribution in [0.4, 0.5) is 5.69 Å². The number of nitrogen functional groups attached to an aromatic ring is 1. The summed E-state index contributed by atoms with van der Waals surface area (Å²) in [4.78, 5) is 0. The maximum atomic E-state index is 5.50. The first-order valence-corrected chi connectivity index (χ1v) is 5.46. The molecule has 0 radical (unpaired) electrons. The van der Waals surface area contributed by atoms with Crippen molar-refractivity contribution in [1.82, 2.24) is 0 Å². The highest BCUT2D eigenvalue weighted by molar-refractivity contribution is 9.39. The Balaban J connectivity index is 2.71. The fraction of sp³-hybridized carbons (Fsp3) is 0.143. The molecule has 0 amide bonds. The van der Waals surface area contributed by atoms with Gasteiger partial charge in [-0.3, -0.25) is 0 Å². The molecule has 0 unspecified atom stereocenters. The molecule has 2 nitrogen and oxygen atoms in total. The smallest absolute Gasteiger partial charge is 0.272 e. The van der Waals surface area contributed by atoms with Crippen molar-refractivity contribution in [3.05, 3.63) is 24.3 Å². The molecular weight excluding hydrogens is 354 g/mol. The minimum Gasteiger partial charge on any atom is -0.456 e. The molecule has 1 rings (SSSR count). The van der Waals surface area contributed by atoms with Gasteiger partial charge in [-0.1, -0.05) is 0 Å². The SMILES string of the molecule is Nc1ccc(OC(Br)(Br)Br)cc1. The summed E-state index contributed by atoms with van der Waals surface area (Å²) in [7, 11) is 0. The third-order valence-corrected chi connectivity index (χ3v) is 1.60. The number of anilines is 1. The Hall–Kier alpha value is 0.260. The van der Waals surface area contributed by atoms with Crippen LogP contribution in [-0.4, -0.2) is 2.33 Å². The molecule has 0 aliphatic rings. The average molecular weight is 360 g/mol. The number of alkyl halides is 3. The van der Waals surface area contributed by atoms with Gasteiger partial charge in [-0.25, -0.2) is 0 Å². The Morgan fingerprint density at radius 2 is 1.58 bits per heavy atom. The van der Waals surface area contributed by atoms with E-state index >= 15 is 0 Å². The second-order valence-electron chi connectivity index (χ2n) is 2.12. The maximum Gasteiger partial charge on any atom is 0.272 e. The first kappa shape index (κ1) is 10.3. The Morgan fingerprint density at radius 1 is 1.08 bits per heavy atom. The number of nitrogens with two attached hydrogens (primary N) is 1. The Kier molecular flexibility index (Phi) is 3.43. The molecule has 0 aliphatic carbocycles. The number of rotatable bonds is 1. The molecule has 0 atom stereocenters. The molecule has 0 saturated carbocycles. The number of halogens is 3. The first-order valence-electron chi connectivity index (χ1n) is 3.09. The zero-order valence-electron chi connectivity index (χ0n) is 5.93. The molecule has 0 fully saturated rings. The predicted octanol–water partition coefficient (Wildman–Crippen LogP) is 3.44. The topological polar surface area (TPSA) is 35.2 Å². The third-order valence-electron chi connectivity index (χ3n) is 1.11. The molecule has 0 saturated heterocycles. The van der Waals surface area contributed by atoms with Crippen molar-refractivity contribution in [2.75, 3.05) is 5.73 Å². The third kappa shape index (κ3) is 3.78. The lowest BCUT2D eigenvalue weighted by atomic mass is 10.3. The van der Waals surface area contributed by atoms with Gasteiger partial charge in [0.05, 0.1) is 0 Å². The van der Waals surface area contributed by atoms with Crippen LogP contribution >= 0.6 is 47.8 Å².